The number of hydrogen-bond acceptors (Lipinski definition) is 9. The van der Waals surface area contributed by atoms with Gasteiger partial charge in [-0.2, -0.15) is 9.97 Å². The smallest absolute Gasteiger partial charge is 0.258 e. The van der Waals surface area contributed by atoms with Gasteiger partial charge in [0, 0.05) is 25.8 Å². The quantitative estimate of drug-likeness (QED) is 0.188. The van der Waals surface area contributed by atoms with Crippen molar-refractivity contribution in [2.45, 2.75) is 30.7 Å². The summed E-state index contributed by atoms with van der Waals surface area (Å²) in [5.74, 6) is 0.217. The number of benzene rings is 2. The van der Waals surface area contributed by atoms with Crippen molar-refractivity contribution in [3.05, 3.63) is 72.1 Å². The second kappa shape index (κ2) is 13.8. The second-order valence-electron chi connectivity index (χ2n) is 10.1. The summed E-state index contributed by atoms with van der Waals surface area (Å²) in [6.45, 7) is 4.98. The summed E-state index contributed by atoms with van der Waals surface area (Å²) in [7, 11) is -2.22. The van der Waals surface area contributed by atoms with Crippen molar-refractivity contribution in [2.24, 2.45) is 0 Å². The van der Waals surface area contributed by atoms with E-state index >= 15 is 0 Å². The van der Waals surface area contributed by atoms with Gasteiger partial charge in [0.25, 0.3) is 5.91 Å². The third-order valence-corrected chi connectivity index (χ3v) is 8.53. The number of hydrogen-bond donors (Lipinski definition) is 3. The Morgan fingerprint density at radius 1 is 1.00 bits per heavy atom. The van der Waals surface area contributed by atoms with Crippen LogP contribution in [0.1, 0.15) is 35.2 Å². The lowest BCUT2D eigenvalue weighted by atomic mass is 10.2. The Kier molecular flexibility index (Phi) is 9.74. The van der Waals surface area contributed by atoms with Gasteiger partial charge in [-0.1, -0.05) is 30.3 Å². The maximum Gasteiger partial charge on any atom is 0.258 e. The highest BCUT2D eigenvalue weighted by molar-refractivity contribution is 7.89. The van der Waals surface area contributed by atoms with E-state index in [1.165, 1.54) is 44.2 Å². The highest BCUT2D eigenvalue weighted by atomic mass is 32.2. The Morgan fingerprint density at radius 2 is 1.76 bits per heavy atom. The first-order valence-corrected chi connectivity index (χ1v) is 15.5. The minimum absolute atomic E-state index is 0.0538. The number of amides is 1. The number of rotatable bonds is 14. The number of anilines is 2. The number of nitrogens with zero attached hydrogens (tertiary/aromatic N) is 5. The van der Waals surface area contributed by atoms with Gasteiger partial charge in [0.15, 0.2) is 17.0 Å². The molecule has 1 amide bonds. The molecule has 1 fully saturated rings. The van der Waals surface area contributed by atoms with Gasteiger partial charge in [-0.15, -0.1) is 0 Å². The number of carbonyl (C=O) groups excluding carboxylic acids is 1. The molecule has 0 atom stereocenters. The summed E-state index contributed by atoms with van der Waals surface area (Å²) >= 11 is 0. The van der Waals surface area contributed by atoms with Gasteiger partial charge in [-0.3, -0.25) is 10.1 Å². The molecule has 4 aromatic rings. The van der Waals surface area contributed by atoms with Gasteiger partial charge in [0.05, 0.1) is 24.4 Å². The molecule has 0 radical (unpaired) electrons. The third-order valence-electron chi connectivity index (χ3n) is 7.05. The standard InChI is InChI=1S/C29H36N8O4S/c1-41-19-15-32-42(39,40)24-12-10-23(11-13-24)28(38)35-29-33-26(30-14-7-18-36-16-5-6-17-36)25-27(34-29)37(21-31-25)20-22-8-3-2-4-9-22/h2-4,8-13,21,32H,5-7,14-20H2,1H3,(H2,30,33,34,35,38). The Hall–Kier alpha value is -3.91. The van der Waals surface area contributed by atoms with E-state index in [1.54, 1.807) is 6.33 Å². The summed E-state index contributed by atoms with van der Waals surface area (Å²) in [5, 5.41) is 6.17. The van der Waals surface area contributed by atoms with Crippen LogP contribution in [0.25, 0.3) is 11.2 Å². The number of ether oxygens (including phenoxy) is 1. The van der Waals surface area contributed by atoms with Crippen LogP contribution in [-0.4, -0.2) is 85.2 Å². The topological polar surface area (TPSA) is 143 Å². The molecule has 0 bridgehead atoms. The van der Waals surface area contributed by atoms with E-state index in [4.69, 9.17) is 4.74 Å². The molecule has 2 aromatic heterocycles. The summed E-state index contributed by atoms with van der Waals surface area (Å²) in [6.07, 6.45) is 5.19. The average Bonchev–Trinajstić information content (AvgIpc) is 3.66. The molecule has 1 aliphatic rings. The molecular weight excluding hydrogens is 556 g/mol. The van der Waals surface area contributed by atoms with Gasteiger partial charge in [-0.25, -0.2) is 18.1 Å². The van der Waals surface area contributed by atoms with Gasteiger partial charge in [0.1, 0.15) is 0 Å². The SMILES string of the molecule is COCCNS(=O)(=O)c1ccc(C(=O)Nc2nc(NCCCN3CCCC3)c3ncn(Cc4ccccc4)c3n2)cc1. The predicted molar refractivity (Wildman–Crippen MR) is 161 cm³/mol. The predicted octanol–water partition coefficient (Wildman–Crippen LogP) is 2.95. The van der Waals surface area contributed by atoms with E-state index in [1.807, 2.05) is 34.9 Å². The monoisotopic (exact) mass is 592 g/mol. The molecule has 13 heteroatoms. The summed E-state index contributed by atoms with van der Waals surface area (Å²) in [6, 6.07) is 15.7. The average molecular weight is 593 g/mol. The molecule has 12 nitrogen and oxygen atoms in total. The molecule has 0 unspecified atom stereocenters. The fraction of sp³-hybridized carbons (Fsp3) is 0.379. The van der Waals surface area contributed by atoms with E-state index < -0.39 is 15.9 Å². The molecular formula is C29H36N8O4S. The molecule has 42 heavy (non-hydrogen) atoms. The molecule has 3 heterocycles. The Morgan fingerprint density at radius 3 is 2.50 bits per heavy atom. The maximum atomic E-state index is 13.1. The minimum atomic E-state index is -3.71. The van der Waals surface area contributed by atoms with Crippen LogP contribution in [0.5, 0.6) is 0 Å². The van der Waals surface area contributed by atoms with E-state index in [0.29, 0.717) is 30.1 Å². The number of methoxy groups -OCH3 is 1. The van der Waals surface area contributed by atoms with Crippen LogP contribution in [0, 0.1) is 0 Å². The number of nitrogens with one attached hydrogen (secondary N) is 3. The molecule has 0 saturated carbocycles. The lowest BCUT2D eigenvalue weighted by Crippen LogP contribution is -2.27. The Balaban J connectivity index is 1.34. The van der Waals surface area contributed by atoms with Gasteiger partial charge in [-0.05, 0) is 68.7 Å². The Bertz CT molecular complexity index is 1590. The zero-order valence-electron chi connectivity index (χ0n) is 23.6. The minimum Gasteiger partial charge on any atom is -0.383 e. The van der Waals surface area contributed by atoms with Gasteiger partial charge >= 0.3 is 0 Å². The molecule has 0 spiro atoms. The highest BCUT2D eigenvalue weighted by Gasteiger charge is 2.18. The number of sulfonamides is 1. The van der Waals surface area contributed by atoms with Crippen LogP contribution in [0.15, 0.2) is 65.8 Å². The van der Waals surface area contributed by atoms with Crippen molar-refractivity contribution < 1.29 is 17.9 Å². The second-order valence-corrected chi connectivity index (χ2v) is 11.9. The van der Waals surface area contributed by atoms with E-state index in [9.17, 15) is 13.2 Å². The molecule has 2 aromatic carbocycles. The molecule has 0 aliphatic carbocycles. The van der Waals surface area contributed by atoms with Crippen LogP contribution in [0.4, 0.5) is 11.8 Å². The number of likely N-dealkylation sites (tertiary alicyclic amines) is 1. The lowest BCUT2D eigenvalue weighted by Gasteiger charge is -2.15. The maximum absolute atomic E-state index is 13.1. The highest BCUT2D eigenvalue weighted by Crippen LogP contribution is 2.23. The number of aromatic nitrogens is 4. The third kappa shape index (κ3) is 7.48. The van der Waals surface area contributed by atoms with Crippen molar-refractivity contribution in [1.82, 2.24) is 29.1 Å². The van der Waals surface area contributed by atoms with Crippen molar-refractivity contribution in [3.63, 3.8) is 0 Å². The van der Waals surface area contributed by atoms with Crippen LogP contribution in [0.2, 0.25) is 0 Å². The zero-order chi connectivity index (χ0) is 29.4. The molecule has 1 aliphatic heterocycles. The van der Waals surface area contributed by atoms with Crippen molar-refractivity contribution in [3.8, 4) is 0 Å². The van der Waals surface area contributed by atoms with Crippen molar-refractivity contribution >= 4 is 38.9 Å². The number of imidazole rings is 1. The first kappa shape index (κ1) is 29.6. The summed E-state index contributed by atoms with van der Waals surface area (Å²) in [5.41, 5.74) is 2.58. The van der Waals surface area contributed by atoms with E-state index in [0.717, 1.165) is 31.6 Å². The first-order valence-electron chi connectivity index (χ1n) is 14.1. The zero-order valence-corrected chi connectivity index (χ0v) is 24.4. The van der Waals surface area contributed by atoms with Crippen molar-refractivity contribution in [2.75, 3.05) is 57.1 Å². The van der Waals surface area contributed by atoms with E-state index in [-0.39, 0.29) is 29.6 Å². The van der Waals surface area contributed by atoms with Crippen molar-refractivity contribution in [1.29, 1.82) is 0 Å². The lowest BCUT2D eigenvalue weighted by molar-refractivity contribution is 0.102. The van der Waals surface area contributed by atoms with E-state index in [2.05, 4.69) is 35.2 Å². The number of carbonyl (C=O) groups is 1. The van der Waals surface area contributed by atoms with Crippen LogP contribution >= 0.6 is 0 Å². The first-order chi connectivity index (χ1) is 20.4. The van der Waals surface area contributed by atoms with Crippen LogP contribution < -0.4 is 15.4 Å². The van der Waals surface area contributed by atoms with Gasteiger partial charge < -0.3 is 19.5 Å². The summed E-state index contributed by atoms with van der Waals surface area (Å²) < 4.78 is 34.2. The fourth-order valence-corrected chi connectivity index (χ4v) is 5.87. The molecule has 222 valence electrons. The normalized spacial score (nSPS) is 13.9. The number of fused-ring (bicyclic) bond motifs is 1. The largest absolute Gasteiger partial charge is 0.383 e. The molecule has 3 N–H and O–H groups in total. The fourth-order valence-electron chi connectivity index (χ4n) is 4.86. The van der Waals surface area contributed by atoms with Gasteiger partial charge in [0.2, 0.25) is 16.0 Å². The summed E-state index contributed by atoms with van der Waals surface area (Å²) in [4.78, 5) is 29.5. The molecule has 1 saturated heterocycles. The molecule has 5 rings (SSSR count). The van der Waals surface area contributed by atoms with Crippen LogP contribution in [-0.2, 0) is 21.3 Å². The Labute approximate surface area is 245 Å². The van der Waals surface area contributed by atoms with Crippen LogP contribution in [0.3, 0.4) is 0 Å².